The molecule has 0 saturated carbocycles. The Morgan fingerprint density at radius 1 is 1.58 bits per heavy atom. The van der Waals surface area contributed by atoms with Gasteiger partial charge in [-0.3, -0.25) is 15.5 Å². The summed E-state index contributed by atoms with van der Waals surface area (Å²) < 4.78 is 10.7. The molecule has 0 bridgehead atoms. The lowest BCUT2D eigenvalue weighted by Gasteiger charge is -2.21. The topological polar surface area (TPSA) is 125 Å². The molecule has 9 nitrogen and oxygen atoms in total. The molecule has 1 aromatic heterocycles. The Bertz CT molecular complexity index is 450. The highest BCUT2D eigenvalue weighted by Gasteiger charge is 2.21. The first kappa shape index (κ1) is 13.4. The van der Waals surface area contributed by atoms with Gasteiger partial charge in [-0.2, -0.15) is 4.98 Å². The molecule has 19 heavy (non-hydrogen) atoms. The molecule has 1 saturated heterocycles. The van der Waals surface area contributed by atoms with Crippen LogP contribution in [0.5, 0.6) is 5.88 Å². The van der Waals surface area contributed by atoms with E-state index in [1.54, 1.807) is 0 Å². The van der Waals surface area contributed by atoms with Crippen LogP contribution in [-0.2, 0) is 4.74 Å². The molecule has 0 spiro atoms. The van der Waals surface area contributed by atoms with Crippen molar-refractivity contribution in [1.29, 1.82) is 0 Å². The maximum atomic E-state index is 10.8. The number of hydrazine groups is 1. The Morgan fingerprint density at radius 2 is 2.32 bits per heavy atom. The molecule has 1 aromatic rings. The molecule has 0 aromatic carbocycles. The fraction of sp³-hybridized carbons (Fsp3) is 0.600. The van der Waals surface area contributed by atoms with E-state index in [-0.39, 0.29) is 17.5 Å². The van der Waals surface area contributed by atoms with Gasteiger partial charge in [0.1, 0.15) is 6.20 Å². The van der Waals surface area contributed by atoms with E-state index in [1.165, 1.54) is 0 Å². The van der Waals surface area contributed by atoms with Gasteiger partial charge in [-0.1, -0.05) is 0 Å². The second-order valence-electron chi connectivity index (χ2n) is 4.15. The molecule has 0 atom stereocenters. The number of ether oxygens (including phenoxy) is 2. The van der Waals surface area contributed by atoms with Gasteiger partial charge in [0.15, 0.2) is 0 Å². The molecular formula is C10H15N5O4. The van der Waals surface area contributed by atoms with Gasteiger partial charge in [-0.15, -0.1) is 0 Å². The molecule has 3 N–H and O–H groups in total. The monoisotopic (exact) mass is 269 g/mol. The zero-order valence-corrected chi connectivity index (χ0v) is 10.2. The molecule has 2 rings (SSSR count). The minimum atomic E-state index is -0.584. The number of nitrogens with zero attached hydrogens (tertiary/aromatic N) is 3. The minimum Gasteiger partial charge on any atom is -0.472 e. The molecule has 1 fully saturated rings. The summed E-state index contributed by atoms with van der Waals surface area (Å²) in [6.45, 7) is 1.75. The predicted molar refractivity (Wildman–Crippen MR) is 65.5 cm³/mol. The number of rotatable bonds is 5. The summed E-state index contributed by atoms with van der Waals surface area (Å²) in [5.41, 5.74) is 1.95. The minimum absolute atomic E-state index is 0.0700. The van der Waals surface area contributed by atoms with E-state index >= 15 is 0 Å². The van der Waals surface area contributed by atoms with Crippen LogP contribution in [0.1, 0.15) is 12.8 Å². The van der Waals surface area contributed by atoms with Gasteiger partial charge in [0, 0.05) is 13.2 Å². The summed E-state index contributed by atoms with van der Waals surface area (Å²) in [5, 5.41) is 10.8. The van der Waals surface area contributed by atoms with E-state index in [9.17, 15) is 10.1 Å². The van der Waals surface area contributed by atoms with Crippen LogP contribution in [0.3, 0.4) is 0 Å². The van der Waals surface area contributed by atoms with Crippen LogP contribution in [-0.4, -0.2) is 34.7 Å². The average molecular weight is 269 g/mol. The van der Waals surface area contributed by atoms with Crippen LogP contribution in [0.4, 0.5) is 11.6 Å². The Morgan fingerprint density at radius 3 is 2.95 bits per heavy atom. The lowest BCUT2D eigenvalue weighted by Crippen LogP contribution is -2.22. The van der Waals surface area contributed by atoms with E-state index < -0.39 is 4.92 Å². The van der Waals surface area contributed by atoms with Crippen molar-refractivity contribution in [3.8, 4) is 5.88 Å². The molecule has 0 unspecified atom stereocenters. The third kappa shape index (κ3) is 3.48. The van der Waals surface area contributed by atoms with Gasteiger partial charge in [-0.05, 0) is 18.8 Å². The van der Waals surface area contributed by atoms with Crippen molar-refractivity contribution < 1.29 is 14.4 Å². The second kappa shape index (κ2) is 6.25. The molecule has 2 heterocycles. The third-order valence-corrected chi connectivity index (χ3v) is 2.86. The smallest absolute Gasteiger partial charge is 0.349 e. The van der Waals surface area contributed by atoms with Gasteiger partial charge < -0.3 is 9.47 Å². The quantitative estimate of drug-likeness (QED) is 0.449. The lowest BCUT2D eigenvalue weighted by atomic mass is 10.0. The van der Waals surface area contributed by atoms with Crippen LogP contribution in [0, 0.1) is 16.0 Å². The fourth-order valence-corrected chi connectivity index (χ4v) is 1.77. The van der Waals surface area contributed by atoms with E-state index in [2.05, 4.69) is 15.4 Å². The first-order valence-electron chi connectivity index (χ1n) is 5.89. The Balaban J connectivity index is 2.06. The van der Waals surface area contributed by atoms with E-state index in [0.29, 0.717) is 25.7 Å². The zero-order chi connectivity index (χ0) is 13.7. The molecular weight excluding hydrogens is 254 g/mol. The summed E-state index contributed by atoms with van der Waals surface area (Å²) in [6, 6.07) is 0. The highest BCUT2D eigenvalue weighted by atomic mass is 16.6. The number of hydrogen-bond donors (Lipinski definition) is 2. The molecule has 1 aliphatic heterocycles. The molecule has 0 aliphatic carbocycles. The van der Waals surface area contributed by atoms with Crippen molar-refractivity contribution >= 4 is 11.6 Å². The number of nitrogens with one attached hydrogen (secondary N) is 1. The fourth-order valence-electron chi connectivity index (χ4n) is 1.77. The molecule has 0 amide bonds. The SMILES string of the molecule is NNc1ncc([N+](=O)[O-])c(OCC2CCOCC2)n1. The first-order chi connectivity index (χ1) is 9.20. The largest absolute Gasteiger partial charge is 0.472 e. The van der Waals surface area contributed by atoms with Crippen molar-refractivity contribution in [3.63, 3.8) is 0 Å². The molecule has 0 radical (unpaired) electrons. The molecule has 104 valence electrons. The van der Waals surface area contributed by atoms with E-state index in [4.69, 9.17) is 15.3 Å². The Labute approximate surface area is 109 Å². The Kier molecular flexibility index (Phi) is 4.42. The van der Waals surface area contributed by atoms with Crippen LogP contribution in [0.2, 0.25) is 0 Å². The number of hydrogen-bond acceptors (Lipinski definition) is 8. The number of aromatic nitrogens is 2. The second-order valence-corrected chi connectivity index (χ2v) is 4.15. The highest BCUT2D eigenvalue weighted by Crippen LogP contribution is 2.25. The van der Waals surface area contributed by atoms with Crippen LogP contribution in [0.25, 0.3) is 0 Å². The van der Waals surface area contributed by atoms with E-state index in [1.807, 2.05) is 0 Å². The Hall–Kier alpha value is -2.00. The normalized spacial score (nSPS) is 16.1. The summed E-state index contributed by atoms with van der Waals surface area (Å²) >= 11 is 0. The summed E-state index contributed by atoms with van der Waals surface area (Å²) in [7, 11) is 0. The van der Waals surface area contributed by atoms with Crippen molar-refractivity contribution in [1.82, 2.24) is 9.97 Å². The first-order valence-corrected chi connectivity index (χ1v) is 5.89. The maximum Gasteiger partial charge on any atom is 0.349 e. The van der Waals surface area contributed by atoms with Crippen LogP contribution >= 0.6 is 0 Å². The summed E-state index contributed by atoms with van der Waals surface area (Å²) in [4.78, 5) is 17.8. The van der Waals surface area contributed by atoms with Crippen molar-refractivity contribution in [2.45, 2.75) is 12.8 Å². The number of anilines is 1. The zero-order valence-electron chi connectivity index (χ0n) is 10.2. The maximum absolute atomic E-state index is 10.8. The number of nitro groups is 1. The van der Waals surface area contributed by atoms with Crippen LogP contribution in [0.15, 0.2) is 6.20 Å². The van der Waals surface area contributed by atoms with Gasteiger partial charge in [-0.25, -0.2) is 10.8 Å². The van der Waals surface area contributed by atoms with Gasteiger partial charge >= 0.3 is 5.69 Å². The van der Waals surface area contributed by atoms with Crippen molar-refractivity contribution in [2.75, 3.05) is 25.2 Å². The van der Waals surface area contributed by atoms with Crippen molar-refractivity contribution in [3.05, 3.63) is 16.3 Å². The van der Waals surface area contributed by atoms with Gasteiger partial charge in [0.25, 0.3) is 5.88 Å². The third-order valence-electron chi connectivity index (χ3n) is 2.86. The molecule has 9 heteroatoms. The average Bonchev–Trinajstić information content (AvgIpc) is 2.45. The predicted octanol–water partition coefficient (Wildman–Crippen LogP) is 0.476. The highest BCUT2D eigenvalue weighted by molar-refractivity contribution is 5.42. The number of nitrogen functional groups attached to an aromatic ring is 1. The van der Waals surface area contributed by atoms with Crippen LogP contribution < -0.4 is 16.0 Å². The molecule has 1 aliphatic rings. The number of nitrogens with two attached hydrogens (primary N) is 1. The van der Waals surface area contributed by atoms with Gasteiger partial charge in [0.2, 0.25) is 5.95 Å². The van der Waals surface area contributed by atoms with Gasteiger partial charge in [0.05, 0.1) is 11.5 Å². The summed E-state index contributed by atoms with van der Waals surface area (Å²) in [6.07, 6.45) is 2.82. The van der Waals surface area contributed by atoms with Crippen molar-refractivity contribution in [2.24, 2.45) is 11.8 Å². The lowest BCUT2D eigenvalue weighted by molar-refractivity contribution is -0.386. The standard InChI is InChI=1S/C10H15N5O4/c11-14-10-12-5-8(15(16)17)9(13-10)19-6-7-1-3-18-4-2-7/h5,7H,1-4,6,11H2,(H,12,13,14). The summed E-state index contributed by atoms with van der Waals surface area (Å²) in [5.74, 6) is 5.49. The van der Waals surface area contributed by atoms with E-state index in [0.717, 1.165) is 19.0 Å².